The standard InChI is InChI=1S/C18H14BrFN8O/c1-10-16-23-24-17(12-3-2-4-21-15(12)20)27(16)6-5-26(10)18(29)13-7-14-22-8-11(19)9-28(14)25-13/h2-4,7-10H,5-6H2,1H3. The molecule has 0 spiro atoms. The minimum absolute atomic E-state index is 0.220. The molecule has 0 radical (unpaired) electrons. The second kappa shape index (κ2) is 6.69. The van der Waals surface area contributed by atoms with Gasteiger partial charge >= 0.3 is 0 Å². The van der Waals surface area contributed by atoms with Crippen LogP contribution in [-0.2, 0) is 6.54 Å². The molecule has 0 bridgehead atoms. The lowest BCUT2D eigenvalue weighted by Crippen LogP contribution is -2.41. The first-order valence-corrected chi connectivity index (χ1v) is 9.68. The number of halogens is 2. The highest BCUT2D eigenvalue weighted by Crippen LogP contribution is 2.30. The van der Waals surface area contributed by atoms with Crippen molar-refractivity contribution in [1.82, 2.24) is 39.2 Å². The molecule has 0 saturated carbocycles. The van der Waals surface area contributed by atoms with Gasteiger partial charge in [-0.25, -0.2) is 14.5 Å². The topological polar surface area (TPSA) is 94.1 Å². The minimum atomic E-state index is -0.600. The summed E-state index contributed by atoms with van der Waals surface area (Å²) in [7, 11) is 0. The molecule has 29 heavy (non-hydrogen) atoms. The Morgan fingerprint density at radius 2 is 2.14 bits per heavy atom. The number of pyridine rings is 1. The normalized spacial score (nSPS) is 16.2. The Morgan fingerprint density at radius 3 is 2.97 bits per heavy atom. The van der Waals surface area contributed by atoms with Crippen LogP contribution in [0.2, 0.25) is 0 Å². The van der Waals surface area contributed by atoms with Crippen molar-refractivity contribution in [3.63, 3.8) is 0 Å². The number of aromatic nitrogens is 7. The van der Waals surface area contributed by atoms with Crippen molar-refractivity contribution >= 4 is 27.5 Å². The van der Waals surface area contributed by atoms with E-state index in [2.05, 4.69) is 41.2 Å². The third-order valence-electron chi connectivity index (χ3n) is 4.95. The third kappa shape index (κ3) is 2.89. The van der Waals surface area contributed by atoms with Crippen LogP contribution in [0.3, 0.4) is 0 Å². The molecule has 1 aliphatic heterocycles. The monoisotopic (exact) mass is 456 g/mol. The van der Waals surface area contributed by atoms with Crippen LogP contribution in [0.5, 0.6) is 0 Å². The second-order valence-electron chi connectivity index (χ2n) is 6.65. The summed E-state index contributed by atoms with van der Waals surface area (Å²) in [5.41, 5.74) is 1.17. The van der Waals surface area contributed by atoms with Gasteiger partial charge < -0.3 is 9.47 Å². The largest absolute Gasteiger partial charge is 0.325 e. The quantitative estimate of drug-likeness (QED) is 0.430. The Hall–Kier alpha value is -3.21. The lowest BCUT2D eigenvalue weighted by Gasteiger charge is -2.33. The number of nitrogens with zero attached hydrogens (tertiary/aromatic N) is 8. The highest BCUT2D eigenvalue weighted by Gasteiger charge is 2.33. The van der Waals surface area contributed by atoms with Gasteiger partial charge in [-0.2, -0.15) is 9.49 Å². The van der Waals surface area contributed by atoms with Gasteiger partial charge in [0, 0.05) is 37.7 Å². The minimum Gasteiger partial charge on any atom is -0.325 e. The molecule has 0 N–H and O–H groups in total. The molecule has 1 amide bonds. The highest BCUT2D eigenvalue weighted by molar-refractivity contribution is 9.10. The Kier molecular flexibility index (Phi) is 4.12. The number of rotatable bonds is 2. The van der Waals surface area contributed by atoms with Gasteiger partial charge in [0.15, 0.2) is 23.0 Å². The zero-order chi connectivity index (χ0) is 20.1. The van der Waals surface area contributed by atoms with Crippen molar-refractivity contribution in [2.24, 2.45) is 0 Å². The van der Waals surface area contributed by atoms with Crippen LogP contribution in [-0.4, -0.2) is 51.7 Å². The molecule has 1 atom stereocenters. The van der Waals surface area contributed by atoms with E-state index in [9.17, 15) is 9.18 Å². The van der Waals surface area contributed by atoms with Crippen molar-refractivity contribution in [3.8, 4) is 11.4 Å². The second-order valence-corrected chi connectivity index (χ2v) is 7.57. The van der Waals surface area contributed by atoms with Crippen molar-refractivity contribution in [2.45, 2.75) is 19.5 Å². The molecule has 1 unspecified atom stereocenters. The lowest BCUT2D eigenvalue weighted by molar-refractivity contribution is 0.0632. The molecule has 0 fully saturated rings. The van der Waals surface area contributed by atoms with Gasteiger partial charge in [0.2, 0.25) is 5.95 Å². The van der Waals surface area contributed by atoms with Crippen LogP contribution >= 0.6 is 15.9 Å². The van der Waals surface area contributed by atoms with Crippen molar-refractivity contribution in [1.29, 1.82) is 0 Å². The summed E-state index contributed by atoms with van der Waals surface area (Å²) in [4.78, 5) is 22.7. The van der Waals surface area contributed by atoms with Crippen LogP contribution in [0.1, 0.15) is 29.3 Å². The Labute approximate surface area is 172 Å². The zero-order valence-corrected chi connectivity index (χ0v) is 16.8. The molecule has 11 heteroatoms. The average Bonchev–Trinajstić information content (AvgIpc) is 3.32. The number of amides is 1. The SMILES string of the molecule is CC1c2nnc(-c3cccnc3F)n2CCN1C(=O)c1cc2ncc(Br)cn2n1. The summed E-state index contributed by atoms with van der Waals surface area (Å²) in [5, 5.41) is 12.7. The molecule has 5 heterocycles. The molecule has 9 nitrogen and oxygen atoms in total. The van der Waals surface area contributed by atoms with E-state index in [1.807, 2.05) is 11.5 Å². The maximum absolute atomic E-state index is 14.1. The molecular weight excluding hydrogens is 443 g/mol. The lowest BCUT2D eigenvalue weighted by atomic mass is 10.1. The first-order chi connectivity index (χ1) is 14.0. The maximum atomic E-state index is 14.1. The van der Waals surface area contributed by atoms with Gasteiger partial charge in [-0.1, -0.05) is 0 Å². The van der Waals surface area contributed by atoms with Crippen LogP contribution in [0.4, 0.5) is 4.39 Å². The molecule has 5 rings (SSSR count). The first kappa shape index (κ1) is 17.9. The summed E-state index contributed by atoms with van der Waals surface area (Å²) >= 11 is 3.34. The number of hydrogen-bond donors (Lipinski definition) is 0. The average molecular weight is 457 g/mol. The van der Waals surface area contributed by atoms with Gasteiger partial charge in [0.25, 0.3) is 5.91 Å². The van der Waals surface area contributed by atoms with E-state index in [4.69, 9.17) is 0 Å². The van der Waals surface area contributed by atoms with E-state index in [0.717, 1.165) is 4.47 Å². The van der Waals surface area contributed by atoms with E-state index < -0.39 is 5.95 Å². The Balaban J connectivity index is 1.47. The molecule has 146 valence electrons. The highest BCUT2D eigenvalue weighted by atomic mass is 79.9. The van der Waals surface area contributed by atoms with Crippen molar-refractivity contribution in [3.05, 3.63) is 58.7 Å². The van der Waals surface area contributed by atoms with Crippen LogP contribution < -0.4 is 0 Å². The summed E-state index contributed by atoms with van der Waals surface area (Å²) < 4.78 is 18.2. The van der Waals surface area contributed by atoms with Crippen LogP contribution in [0.15, 0.2) is 41.3 Å². The third-order valence-corrected chi connectivity index (χ3v) is 5.36. The van der Waals surface area contributed by atoms with Gasteiger partial charge in [-0.3, -0.25) is 4.79 Å². The molecule has 0 aliphatic carbocycles. The van der Waals surface area contributed by atoms with Crippen LogP contribution in [0, 0.1) is 5.95 Å². The molecule has 0 saturated heterocycles. The fourth-order valence-corrected chi connectivity index (χ4v) is 3.82. The van der Waals surface area contributed by atoms with E-state index in [0.29, 0.717) is 36.1 Å². The number of carbonyl (C=O) groups excluding carboxylic acids is 1. The van der Waals surface area contributed by atoms with Gasteiger partial charge in [-0.15, -0.1) is 10.2 Å². The molecule has 0 aromatic carbocycles. The van der Waals surface area contributed by atoms with E-state index >= 15 is 0 Å². The smallest absolute Gasteiger partial charge is 0.275 e. The summed E-state index contributed by atoms with van der Waals surface area (Å²) in [6.07, 6.45) is 4.78. The molecule has 4 aromatic rings. The van der Waals surface area contributed by atoms with E-state index in [-0.39, 0.29) is 17.5 Å². The molecule has 4 aromatic heterocycles. The van der Waals surface area contributed by atoms with Crippen LogP contribution in [0.25, 0.3) is 17.0 Å². The van der Waals surface area contributed by atoms with Gasteiger partial charge in [0.1, 0.15) is 0 Å². The van der Waals surface area contributed by atoms with Crippen molar-refractivity contribution in [2.75, 3.05) is 6.54 Å². The number of hydrogen-bond acceptors (Lipinski definition) is 6. The number of fused-ring (bicyclic) bond motifs is 2. The van der Waals surface area contributed by atoms with E-state index in [1.54, 1.807) is 40.0 Å². The fraction of sp³-hybridized carbons (Fsp3) is 0.222. The predicted molar refractivity (Wildman–Crippen MR) is 103 cm³/mol. The Bertz CT molecular complexity index is 1250. The zero-order valence-electron chi connectivity index (χ0n) is 15.2. The van der Waals surface area contributed by atoms with Gasteiger partial charge in [-0.05, 0) is 35.0 Å². The Morgan fingerprint density at radius 1 is 1.28 bits per heavy atom. The number of carbonyl (C=O) groups is 1. The summed E-state index contributed by atoms with van der Waals surface area (Å²) in [5.74, 6) is 0.179. The van der Waals surface area contributed by atoms with E-state index in [1.165, 1.54) is 6.20 Å². The van der Waals surface area contributed by atoms with Crippen molar-refractivity contribution < 1.29 is 9.18 Å². The molecule has 1 aliphatic rings. The molecular formula is C18H14BrFN8O. The maximum Gasteiger partial charge on any atom is 0.275 e. The first-order valence-electron chi connectivity index (χ1n) is 8.89. The predicted octanol–water partition coefficient (Wildman–Crippen LogP) is 2.50. The van der Waals surface area contributed by atoms with Gasteiger partial charge in [0.05, 0.1) is 16.1 Å². The summed E-state index contributed by atoms with van der Waals surface area (Å²) in [6.45, 7) is 2.73. The summed E-state index contributed by atoms with van der Waals surface area (Å²) in [6, 6.07) is 4.57. The fourth-order valence-electron chi connectivity index (χ4n) is 3.52.